The highest BCUT2D eigenvalue weighted by Gasteiger charge is 2.29. The molecule has 0 radical (unpaired) electrons. The normalized spacial score (nSPS) is 21.7. The van der Waals surface area contributed by atoms with Crippen LogP contribution in [-0.4, -0.2) is 31.7 Å². The van der Waals surface area contributed by atoms with Crippen LogP contribution in [0.4, 0.5) is 0 Å². The standard InChI is InChI=1S/C16H20N2O4S/c19-15(8-11-6-7-23(21,22)10-11)17-18-16(20)14-5-4-12-2-1-3-13(12)9-14/h4-5,9,11H,1-3,6-8,10H2,(H,17,19)(H,18,20)/t11-/m1/s1. The molecular formula is C16H20N2O4S. The van der Waals surface area contributed by atoms with Gasteiger partial charge in [0.1, 0.15) is 0 Å². The van der Waals surface area contributed by atoms with Crippen molar-refractivity contribution in [2.75, 3.05) is 11.5 Å². The Bertz CT molecular complexity index is 742. The average Bonchev–Trinajstić information content (AvgIpc) is 3.10. The molecule has 1 aliphatic heterocycles. The highest BCUT2D eigenvalue weighted by atomic mass is 32.2. The Kier molecular flexibility index (Phi) is 4.39. The van der Waals surface area contributed by atoms with Gasteiger partial charge in [-0.1, -0.05) is 6.07 Å². The number of rotatable bonds is 3. The van der Waals surface area contributed by atoms with E-state index in [2.05, 4.69) is 10.9 Å². The first-order chi connectivity index (χ1) is 10.9. The van der Waals surface area contributed by atoms with Crippen molar-refractivity contribution >= 4 is 21.7 Å². The lowest BCUT2D eigenvalue weighted by Gasteiger charge is -2.10. The molecule has 0 bridgehead atoms. The van der Waals surface area contributed by atoms with Crippen LogP contribution in [-0.2, 0) is 27.5 Å². The lowest BCUT2D eigenvalue weighted by atomic mass is 10.1. The number of hydrazine groups is 1. The molecule has 1 atom stereocenters. The molecule has 2 aliphatic rings. The van der Waals surface area contributed by atoms with Gasteiger partial charge in [-0.2, -0.15) is 0 Å². The van der Waals surface area contributed by atoms with Gasteiger partial charge in [0.25, 0.3) is 5.91 Å². The maximum Gasteiger partial charge on any atom is 0.269 e. The van der Waals surface area contributed by atoms with E-state index in [1.807, 2.05) is 12.1 Å². The fourth-order valence-corrected chi connectivity index (χ4v) is 5.12. The summed E-state index contributed by atoms with van der Waals surface area (Å²) in [5, 5.41) is 0. The first kappa shape index (κ1) is 16.0. The van der Waals surface area contributed by atoms with E-state index in [0.717, 1.165) is 19.3 Å². The number of carbonyl (C=O) groups is 2. The number of carbonyl (C=O) groups excluding carboxylic acids is 2. The number of aryl methyl sites for hydroxylation is 2. The van der Waals surface area contributed by atoms with Gasteiger partial charge in [0.15, 0.2) is 9.84 Å². The highest BCUT2D eigenvalue weighted by molar-refractivity contribution is 7.91. The second kappa shape index (κ2) is 6.31. The number of nitrogens with one attached hydrogen (secondary N) is 2. The Morgan fingerprint density at radius 1 is 1.13 bits per heavy atom. The fraction of sp³-hybridized carbons (Fsp3) is 0.500. The van der Waals surface area contributed by atoms with Crippen LogP contribution in [0.5, 0.6) is 0 Å². The molecule has 1 aliphatic carbocycles. The van der Waals surface area contributed by atoms with Gasteiger partial charge in [-0.25, -0.2) is 8.42 Å². The molecule has 1 aromatic carbocycles. The monoisotopic (exact) mass is 336 g/mol. The van der Waals surface area contributed by atoms with Gasteiger partial charge in [-0.05, 0) is 54.9 Å². The van der Waals surface area contributed by atoms with E-state index in [-0.39, 0.29) is 35.7 Å². The third kappa shape index (κ3) is 3.90. The van der Waals surface area contributed by atoms with Crippen LogP contribution in [0, 0.1) is 5.92 Å². The van der Waals surface area contributed by atoms with Crippen molar-refractivity contribution in [2.45, 2.75) is 32.1 Å². The zero-order valence-electron chi connectivity index (χ0n) is 12.8. The Hall–Kier alpha value is -1.89. The van der Waals surface area contributed by atoms with Gasteiger partial charge in [0.05, 0.1) is 11.5 Å². The van der Waals surface area contributed by atoms with Gasteiger partial charge in [-0.15, -0.1) is 0 Å². The number of fused-ring (bicyclic) bond motifs is 1. The van der Waals surface area contributed by atoms with Crippen molar-refractivity contribution in [1.29, 1.82) is 0 Å². The summed E-state index contributed by atoms with van der Waals surface area (Å²) in [6.07, 6.45) is 3.77. The smallest absolute Gasteiger partial charge is 0.269 e. The summed E-state index contributed by atoms with van der Waals surface area (Å²) in [7, 11) is -2.99. The van der Waals surface area contributed by atoms with E-state index in [1.165, 1.54) is 11.1 Å². The van der Waals surface area contributed by atoms with E-state index < -0.39 is 9.84 Å². The van der Waals surface area contributed by atoms with Gasteiger partial charge >= 0.3 is 0 Å². The largest absolute Gasteiger partial charge is 0.273 e. The maximum absolute atomic E-state index is 12.1. The van der Waals surface area contributed by atoms with Gasteiger partial charge in [0.2, 0.25) is 5.91 Å². The van der Waals surface area contributed by atoms with Crippen molar-refractivity contribution in [3.63, 3.8) is 0 Å². The molecule has 0 unspecified atom stereocenters. The van der Waals surface area contributed by atoms with Gasteiger partial charge < -0.3 is 0 Å². The Balaban J connectivity index is 1.50. The lowest BCUT2D eigenvalue weighted by molar-refractivity contribution is -0.122. The molecule has 2 amide bonds. The molecule has 0 saturated carbocycles. The predicted molar refractivity (Wildman–Crippen MR) is 85.5 cm³/mol. The molecule has 1 fully saturated rings. The minimum Gasteiger partial charge on any atom is -0.273 e. The number of hydrogen-bond donors (Lipinski definition) is 2. The summed E-state index contributed by atoms with van der Waals surface area (Å²) >= 11 is 0. The summed E-state index contributed by atoms with van der Waals surface area (Å²) in [4.78, 5) is 23.9. The van der Waals surface area contributed by atoms with Crippen molar-refractivity contribution in [1.82, 2.24) is 10.9 Å². The molecule has 3 rings (SSSR count). The number of hydrogen-bond acceptors (Lipinski definition) is 4. The molecule has 1 heterocycles. The second-order valence-corrected chi connectivity index (χ2v) is 8.54. The van der Waals surface area contributed by atoms with E-state index in [0.29, 0.717) is 12.0 Å². The third-order valence-corrected chi connectivity index (χ3v) is 6.31. The fourth-order valence-electron chi connectivity index (χ4n) is 3.26. The molecule has 7 heteroatoms. The van der Waals surface area contributed by atoms with Crippen LogP contribution in [0.2, 0.25) is 0 Å². The third-order valence-electron chi connectivity index (χ3n) is 4.48. The van der Waals surface area contributed by atoms with Crippen molar-refractivity contribution in [2.24, 2.45) is 5.92 Å². The molecule has 1 saturated heterocycles. The van der Waals surface area contributed by atoms with Crippen molar-refractivity contribution in [3.8, 4) is 0 Å². The molecule has 6 nitrogen and oxygen atoms in total. The summed E-state index contributed by atoms with van der Waals surface area (Å²) in [6, 6.07) is 5.59. The first-order valence-electron chi connectivity index (χ1n) is 7.84. The highest BCUT2D eigenvalue weighted by Crippen LogP contribution is 2.23. The topological polar surface area (TPSA) is 92.3 Å². The second-order valence-electron chi connectivity index (χ2n) is 6.31. The van der Waals surface area contributed by atoms with E-state index in [9.17, 15) is 18.0 Å². The zero-order valence-corrected chi connectivity index (χ0v) is 13.6. The van der Waals surface area contributed by atoms with Gasteiger partial charge in [-0.3, -0.25) is 20.4 Å². The SMILES string of the molecule is O=C(C[C@H]1CCS(=O)(=O)C1)NNC(=O)c1ccc2c(c1)CCC2. The van der Waals surface area contributed by atoms with Gasteiger partial charge in [0, 0.05) is 12.0 Å². The quantitative estimate of drug-likeness (QED) is 0.797. The van der Waals surface area contributed by atoms with Crippen LogP contribution < -0.4 is 10.9 Å². The lowest BCUT2D eigenvalue weighted by Crippen LogP contribution is -2.42. The Labute approximate surface area is 135 Å². The minimum atomic E-state index is -2.99. The molecule has 0 aromatic heterocycles. The molecule has 0 spiro atoms. The van der Waals surface area contributed by atoms with Crippen LogP contribution in [0.15, 0.2) is 18.2 Å². The average molecular weight is 336 g/mol. The first-order valence-corrected chi connectivity index (χ1v) is 9.66. The summed E-state index contributed by atoms with van der Waals surface area (Å²) < 4.78 is 22.7. The van der Waals surface area contributed by atoms with E-state index >= 15 is 0 Å². The molecule has 1 aromatic rings. The van der Waals surface area contributed by atoms with Crippen LogP contribution in [0.1, 0.15) is 40.7 Å². The Morgan fingerprint density at radius 3 is 2.65 bits per heavy atom. The van der Waals surface area contributed by atoms with Crippen molar-refractivity contribution in [3.05, 3.63) is 34.9 Å². The number of amides is 2. The number of benzene rings is 1. The number of sulfone groups is 1. The van der Waals surface area contributed by atoms with Crippen LogP contribution >= 0.6 is 0 Å². The summed E-state index contributed by atoms with van der Waals surface area (Å²) in [5.74, 6) is -0.670. The minimum absolute atomic E-state index is 0.0548. The maximum atomic E-state index is 12.1. The Morgan fingerprint density at radius 2 is 1.91 bits per heavy atom. The van der Waals surface area contributed by atoms with E-state index in [1.54, 1.807) is 6.07 Å². The van der Waals surface area contributed by atoms with Crippen molar-refractivity contribution < 1.29 is 18.0 Å². The van der Waals surface area contributed by atoms with Crippen LogP contribution in [0.25, 0.3) is 0 Å². The molecular weight excluding hydrogens is 316 g/mol. The van der Waals surface area contributed by atoms with Crippen LogP contribution in [0.3, 0.4) is 0 Å². The summed E-state index contributed by atoms with van der Waals surface area (Å²) in [6.45, 7) is 0. The molecule has 2 N–H and O–H groups in total. The van der Waals surface area contributed by atoms with E-state index in [4.69, 9.17) is 0 Å². The predicted octanol–water partition coefficient (Wildman–Crippen LogP) is 0.761. The molecule has 124 valence electrons. The molecule has 23 heavy (non-hydrogen) atoms. The summed E-state index contributed by atoms with van der Waals surface area (Å²) in [5.41, 5.74) is 7.77. The zero-order chi connectivity index (χ0) is 16.4.